The Morgan fingerprint density at radius 3 is 2.50 bits per heavy atom. The first-order valence-electron chi connectivity index (χ1n) is 5.28. The van der Waals surface area contributed by atoms with Gasteiger partial charge in [-0.15, -0.1) is 0 Å². The summed E-state index contributed by atoms with van der Waals surface area (Å²) in [6.07, 6.45) is 0. The van der Waals surface area contributed by atoms with Crippen molar-refractivity contribution in [1.82, 2.24) is 15.1 Å². The summed E-state index contributed by atoms with van der Waals surface area (Å²) in [5, 5.41) is 7.80. The van der Waals surface area contributed by atoms with E-state index in [1.165, 1.54) is 11.3 Å². The maximum absolute atomic E-state index is 4.43. The van der Waals surface area contributed by atoms with Gasteiger partial charge in [0.05, 0.1) is 5.69 Å². The van der Waals surface area contributed by atoms with Crippen molar-refractivity contribution >= 4 is 0 Å². The molecule has 80 valence electrons. The quantitative estimate of drug-likeness (QED) is 0.793. The minimum Gasteiger partial charge on any atom is -0.316 e. The van der Waals surface area contributed by atoms with Crippen molar-refractivity contribution in [3.05, 3.63) is 17.0 Å². The largest absolute Gasteiger partial charge is 0.316 e. The molecule has 0 amide bonds. The second-order valence-electron chi connectivity index (χ2n) is 3.92. The van der Waals surface area contributed by atoms with Gasteiger partial charge in [-0.1, -0.05) is 13.8 Å². The summed E-state index contributed by atoms with van der Waals surface area (Å²) in [6, 6.07) is 0. The first-order chi connectivity index (χ1) is 6.57. The van der Waals surface area contributed by atoms with Gasteiger partial charge in [0.25, 0.3) is 0 Å². The molecule has 0 saturated carbocycles. The zero-order valence-electron chi connectivity index (χ0n) is 9.89. The Bertz CT molecular complexity index is 302. The molecule has 1 atom stereocenters. The number of aryl methyl sites for hydroxylation is 2. The molecule has 3 heteroatoms. The van der Waals surface area contributed by atoms with Crippen LogP contribution in [0.2, 0.25) is 0 Å². The summed E-state index contributed by atoms with van der Waals surface area (Å²) in [6.45, 7) is 10.7. The fourth-order valence-electron chi connectivity index (χ4n) is 1.97. The van der Waals surface area contributed by atoms with Crippen LogP contribution < -0.4 is 5.32 Å². The first kappa shape index (κ1) is 11.2. The lowest BCUT2D eigenvalue weighted by Crippen LogP contribution is -2.20. The second-order valence-corrected chi connectivity index (χ2v) is 3.92. The summed E-state index contributed by atoms with van der Waals surface area (Å²) < 4.78 is 1.97. The maximum atomic E-state index is 4.43. The van der Waals surface area contributed by atoms with E-state index in [0.29, 0.717) is 5.92 Å². The van der Waals surface area contributed by atoms with Crippen molar-refractivity contribution in [3.63, 3.8) is 0 Å². The van der Waals surface area contributed by atoms with Crippen molar-refractivity contribution in [3.8, 4) is 0 Å². The highest BCUT2D eigenvalue weighted by Crippen LogP contribution is 2.21. The normalized spacial score (nSPS) is 13.2. The molecule has 0 bridgehead atoms. The molecule has 0 saturated heterocycles. The summed E-state index contributed by atoms with van der Waals surface area (Å²) in [5.41, 5.74) is 3.84. The standard InChI is InChI=1S/C11H21N3/c1-6-12-7-8(2)11-9(3)13-14(5)10(11)4/h8,12H,6-7H2,1-5H3. The van der Waals surface area contributed by atoms with Gasteiger partial charge in [0.1, 0.15) is 0 Å². The number of likely N-dealkylation sites (N-methyl/N-ethyl adjacent to an activating group) is 1. The van der Waals surface area contributed by atoms with Gasteiger partial charge in [-0.25, -0.2) is 0 Å². The Balaban J connectivity index is 2.83. The highest BCUT2D eigenvalue weighted by molar-refractivity contribution is 5.28. The first-order valence-corrected chi connectivity index (χ1v) is 5.28. The molecule has 1 unspecified atom stereocenters. The molecule has 0 spiro atoms. The lowest BCUT2D eigenvalue weighted by Gasteiger charge is -2.12. The summed E-state index contributed by atoms with van der Waals surface area (Å²) in [7, 11) is 2.01. The second kappa shape index (κ2) is 4.60. The minimum atomic E-state index is 0.545. The molecule has 1 heterocycles. The SMILES string of the molecule is CCNCC(C)c1c(C)nn(C)c1C. The molecule has 0 aliphatic carbocycles. The lowest BCUT2D eigenvalue weighted by atomic mass is 9.99. The van der Waals surface area contributed by atoms with Crippen LogP contribution in [0.3, 0.4) is 0 Å². The van der Waals surface area contributed by atoms with Gasteiger partial charge in [-0.2, -0.15) is 5.10 Å². The molecule has 1 rings (SSSR count). The molecule has 0 fully saturated rings. The van der Waals surface area contributed by atoms with Crippen LogP contribution in [0.4, 0.5) is 0 Å². The van der Waals surface area contributed by atoms with Gasteiger partial charge in [0, 0.05) is 19.3 Å². The van der Waals surface area contributed by atoms with Gasteiger partial charge >= 0.3 is 0 Å². The zero-order valence-corrected chi connectivity index (χ0v) is 9.89. The number of nitrogens with one attached hydrogen (secondary N) is 1. The summed E-state index contributed by atoms with van der Waals surface area (Å²) in [5.74, 6) is 0.545. The molecule has 0 aliphatic heterocycles. The van der Waals surface area contributed by atoms with Gasteiger partial charge in [0.2, 0.25) is 0 Å². The zero-order chi connectivity index (χ0) is 10.7. The van der Waals surface area contributed by atoms with Crippen molar-refractivity contribution in [2.24, 2.45) is 7.05 Å². The average molecular weight is 195 g/mol. The lowest BCUT2D eigenvalue weighted by molar-refractivity contribution is 0.629. The molecule has 0 aromatic carbocycles. The number of rotatable bonds is 4. The molecular formula is C11H21N3. The van der Waals surface area contributed by atoms with Crippen molar-refractivity contribution in [2.75, 3.05) is 13.1 Å². The molecule has 1 aromatic rings. The number of hydrogen-bond acceptors (Lipinski definition) is 2. The van der Waals surface area contributed by atoms with E-state index >= 15 is 0 Å². The fourth-order valence-corrected chi connectivity index (χ4v) is 1.97. The van der Waals surface area contributed by atoms with E-state index in [0.717, 1.165) is 18.8 Å². The molecule has 0 radical (unpaired) electrons. The molecule has 1 aromatic heterocycles. The van der Waals surface area contributed by atoms with E-state index in [-0.39, 0.29) is 0 Å². The van der Waals surface area contributed by atoms with Gasteiger partial charge < -0.3 is 5.32 Å². The van der Waals surface area contributed by atoms with Crippen LogP contribution in [0.25, 0.3) is 0 Å². The highest BCUT2D eigenvalue weighted by Gasteiger charge is 2.15. The smallest absolute Gasteiger partial charge is 0.0631 e. The Kier molecular flexibility index (Phi) is 3.69. The number of aromatic nitrogens is 2. The Labute approximate surface area is 86.5 Å². The van der Waals surface area contributed by atoms with E-state index in [1.807, 2.05) is 11.7 Å². The number of nitrogens with zero attached hydrogens (tertiary/aromatic N) is 2. The van der Waals surface area contributed by atoms with Crippen LogP contribution in [0.5, 0.6) is 0 Å². The topological polar surface area (TPSA) is 29.9 Å². The molecule has 14 heavy (non-hydrogen) atoms. The van der Waals surface area contributed by atoms with Crippen LogP contribution >= 0.6 is 0 Å². The van der Waals surface area contributed by atoms with Gasteiger partial charge in [-0.05, 0) is 31.9 Å². The third-order valence-electron chi connectivity index (χ3n) is 2.76. The van der Waals surface area contributed by atoms with E-state index in [2.05, 4.69) is 38.1 Å². The molecule has 1 N–H and O–H groups in total. The highest BCUT2D eigenvalue weighted by atomic mass is 15.3. The maximum Gasteiger partial charge on any atom is 0.0631 e. The predicted octanol–water partition coefficient (Wildman–Crippen LogP) is 1.75. The van der Waals surface area contributed by atoms with Crippen LogP contribution in [0.15, 0.2) is 0 Å². The molecule has 0 aliphatic rings. The van der Waals surface area contributed by atoms with Crippen molar-refractivity contribution < 1.29 is 0 Å². The van der Waals surface area contributed by atoms with E-state index < -0.39 is 0 Å². The summed E-state index contributed by atoms with van der Waals surface area (Å²) >= 11 is 0. The summed E-state index contributed by atoms with van der Waals surface area (Å²) in [4.78, 5) is 0. The van der Waals surface area contributed by atoms with E-state index in [9.17, 15) is 0 Å². The van der Waals surface area contributed by atoms with E-state index in [4.69, 9.17) is 0 Å². The van der Waals surface area contributed by atoms with Crippen molar-refractivity contribution in [1.29, 1.82) is 0 Å². The molecular weight excluding hydrogens is 174 g/mol. The fraction of sp³-hybridized carbons (Fsp3) is 0.727. The van der Waals surface area contributed by atoms with Crippen molar-refractivity contribution in [2.45, 2.75) is 33.6 Å². The third-order valence-corrected chi connectivity index (χ3v) is 2.76. The van der Waals surface area contributed by atoms with E-state index in [1.54, 1.807) is 0 Å². The molecule has 3 nitrogen and oxygen atoms in total. The Morgan fingerprint density at radius 2 is 2.07 bits per heavy atom. The van der Waals surface area contributed by atoms with Gasteiger partial charge in [0.15, 0.2) is 0 Å². The number of hydrogen-bond donors (Lipinski definition) is 1. The third kappa shape index (κ3) is 2.15. The van der Waals surface area contributed by atoms with Crippen LogP contribution in [-0.4, -0.2) is 22.9 Å². The monoisotopic (exact) mass is 195 g/mol. The average Bonchev–Trinajstić information content (AvgIpc) is 2.38. The Hall–Kier alpha value is -0.830. The van der Waals surface area contributed by atoms with Crippen LogP contribution in [-0.2, 0) is 7.05 Å². The van der Waals surface area contributed by atoms with Crippen LogP contribution in [0, 0.1) is 13.8 Å². The van der Waals surface area contributed by atoms with Crippen LogP contribution in [0.1, 0.15) is 36.7 Å². The minimum absolute atomic E-state index is 0.545. The Morgan fingerprint density at radius 1 is 1.43 bits per heavy atom. The predicted molar refractivity (Wildman–Crippen MR) is 59.6 cm³/mol. The van der Waals surface area contributed by atoms with Gasteiger partial charge in [-0.3, -0.25) is 4.68 Å².